The maximum absolute atomic E-state index is 12.4. The molecule has 10 heteroatoms. The van der Waals surface area contributed by atoms with Crippen molar-refractivity contribution in [1.29, 1.82) is 0 Å². The van der Waals surface area contributed by atoms with Crippen LogP contribution in [0.3, 0.4) is 0 Å². The highest BCUT2D eigenvalue weighted by Crippen LogP contribution is 2.50. The van der Waals surface area contributed by atoms with Gasteiger partial charge in [0.2, 0.25) is 11.8 Å². The number of nitrogens with zero attached hydrogens (tertiary/aromatic N) is 1. The molecule has 1 aromatic heterocycles. The van der Waals surface area contributed by atoms with Gasteiger partial charge in [-0.15, -0.1) is 11.8 Å². The second-order valence-corrected chi connectivity index (χ2v) is 8.96. The fourth-order valence-corrected chi connectivity index (χ4v) is 5.54. The fraction of sp³-hybridized carbons (Fsp3) is 0.467. The predicted octanol–water partition coefficient (Wildman–Crippen LogP) is 0.548. The van der Waals surface area contributed by atoms with Gasteiger partial charge in [0, 0.05) is 4.75 Å². The highest BCUT2D eigenvalue weighted by Gasteiger charge is 2.64. The van der Waals surface area contributed by atoms with Crippen molar-refractivity contribution in [3.05, 3.63) is 22.4 Å². The lowest BCUT2D eigenvalue weighted by Gasteiger charge is -2.43. The number of aliphatic carboxylic acids is 2. The van der Waals surface area contributed by atoms with E-state index in [4.69, 9.17) is 0 Å². The SMILES string of the molecule is CC1(C)S[C@@H]2[C@@H](NC(=O)[C@@H](C(=O)O)c3ccsc3)C(=O)N2[C@@H]1C(=O)O. The Morgan fingerprint density at radius 3 is 2.52 bits per heavy atom. The molecule has 0 spiro atoms. The van der Waals surface area contributed by atoms with Crippen molar-refractivity contribution in [2.45, 2.75) is 42.0 Å². The van der Waals surface area contributed by atoms with Crippen LogP contribution in [0.15, 0.2) is 16.8 Å². The summed E-state index contributed by atoms with van der Waals surface area (Å²) in [6.07, 6.45) is 0. The average Bonchev–Trinajstić information content (AvgIpc) is 3.09. The summed E-state index contributed by atoms with van der Waals surface area (Å²) in [5, 5.41) is 23.9. The monoisotopic (exact) mass is 384 g/mol. The minimum Gasteiger partial charge on any atom is -0.480 e. The zero-order valence-corrected chi connectivity index (χ0v) is 15.0. The minimum absolute atomic E-state index is 0.349. The van der Waals surface area contributed by atoms with Crippen molar-refractivity contribution >= 4 is 46.9 Å². The van der Waals surface area contributed by atoms with Gasteiger partial charge in [-0.05, 0) is 36.2 Å². The van der Waals surface area contributed by atoms with Crippen LogP contribution in [-0.2, 0) is 19.2 Å². The van der Waals surface area contributed by atoms with Crippen molar-refractivity contribution in [2.24, 2.45) is 0 Å². The van der Waals surface area contributed by atoms with Crippen LogP contribution < -0.4 is 5.32 Å². The van der Waals surface area contributed by atoms with E-state index >= 15 is 0 Å². The van der Waals surface area contributed by atoms with Gasteiger partial charge >= 0.3 is 11.9 Å². The zero-order chi connectivity index (χ0) is 18.5. The van der Waals surface area contributed by atoms with Crippen LogP contribution >= 0.6 is 23.1 Å². The second kappa shape index (κ2) is 6.03. The summed E-state index contributed by atoms with van der Waals surface area (Å²) in [5.74, 6) is -5.08. The molecule has 2 amide bonds. The third-order valence-corrected chi connectivity index (χ3v) is 6.63. The molecule has 3 heterocycles. The minimum atomic E-state index is -1.40. The van der Waals surface area contributed by atoms with Gasteiger partial charge in [0.1, 0.15) is 17.5 Å². The fourth-order valence-electron chi connectivity index (χ4n) is 3.23. The molecule has 2 fully saturated rings. The molecule has 0 unspecified atom stereocenters. The second-order valence-electron chi connectivity index (χ2n) is 6.41. The average molecular weight is 384 g/mol. The first-order chi connectivity index (χ1) is 11.6. The Bertz CT molecular complexity index is 747. The molecule has 3 N–H and O–H groups in total. The summed E-state index contributed by atoms with van der Waals surface area (Å²) < 4.78 is -0.703. The van der Waals surface area contributed by atoms with Gasteiger partial charge in [-0.2, -0.15) is 11.3 Å². The number of carbonyl (C=O) groups is 4. The number of amides is 2. The molecule has 134 valence electrons. The van der Waals surface area contributed by atoms with Crippen LogP contribution in [0.5, 0.6) is 0 Å². The zero-order valence-electron chi connectivity index (χ0n) is 13.3. The quantitative estimate of drug-likeness (QED) is 0.500. The largest absolute Gasteiger partial charge is 0.480 e. The molecule has 1 aromatic rings. The number of β-lactam (4-membered cyclic amide) rings is 1. The predicted molar refractivity (Wildman–Crippen MR) is 90.4 cm³/mol. The molecule has 2 aliphatic heterocycles. The molecule has 0 aromatic carbocycles. The maximum Gasteiger partial charge on any atom is 0.327 e. The number of carbonyl (C=O) groups excluding carboxylic acids is 2. The van der Waals surface area contributed by atoms with Gasteiger partial charge in [0.25, 0.3) is 0 Å². The number of thioether (sulfide) groups is 1. The Hall–Kier alpha value is -2.07. The summed E-state index contributed by atoms with van der Waals surface area (Å²) in [6.45, 7) is 3.46. The van der Waals surface area contributed by atoms with Gasteiger partial charge in [-0.1, -0.05) is 0 Å². The molecule has 0 saturated carbocycles. The first-order valence-corrected chi connectivity index (χ1v) is 9.25. The normalized spacial score (nSPS) is 28.0. The van der Waals surface area contributed by atoms with Crippen molar-refractivity contribution in [1.82, 2.24) is 10.2 Å². The summed E-state index contributed by atoms with van der Waals surface area (Å²) in [5.41, 5.74) is 0.349. The molecular weight excluding hydrogens is 368 g/mol. The van der Waals surface area contributed by atoms with Gasteiger partial charge in [0.05, 0.1) is 0 Å². The lowest BCUT2D eigenvalue weighted by molar-refractivity contribution is -0.161. The molecule has 0 bridgehead atoms. The molecule has 2 aliphatic rings. The first kappa shape index (κ1) is 17.7. The number of nitrogens with one attached hydrogen (secondary N) is 1. The number of hydrogen-bond donors (Lipinski definition) is 3. The van der Waals surface area contributed by atoms with Gasteiger partial charge in [-0.25, -0.2) is 4.79 Å². The van der Waals surface area contributed by atoms with Crippen LogP contribution in [0.1, 0.15) is 25.3 Å². The van der Waals surface area contributed by atoms with E-state index in [9.17, 15) is 29.4 Å². The maximum atomic E-state index is 12.4. The molecule has 0 aliphatic carbocycles. The molecule has 2 saturated heterocycles. The van der Waals surface area contributed by atoms with E-state index in [1.165, 1.54) is 28.0 Å². The van der Waals surface area contributed by atoms with Crippen LogP contribution in [0, 0.1) is 0 Å². The third-order valence-electron chi connectivity index (χ3n) is 4.36. The Balaban J connectivity index is 1.77. The van der Waals surface area contributed by atoms with Gasteiger partial charge in [-0.3, -0.25) is 14.4 Å². The lowest BCUT2D eigenvalue weighted by Crippen LogP contribution is -2.71. The highest BCUT2D eigenvalue weighted by molar-refractivity contribution is 8.01. The number of hydrogen-bond acceptors (Lipinski definition) is 6. The number of thiophene rings is 1. The Labute approximate surface area is 151 Å². The molecular formula is C15H16N2O6S2. The van der Waals surface area contributed by atoms with Crippen molar-refractivity contribution in [3.63, 3.8) is 0 Å². The number of fused-ring (bicyclic) bond motifs is 1. The van der Waals surface area contributed by atoms with Crippen LogP contribution in [-0.4, -0.2) is 61.1 Å². The third kappa shape index (κ3) is 2.78. The van der Waals surface area contributed by atoms with Crippen molar-refractivity contribution in [2.75, 3.05) is 0 Å². The summed E-state index contributed by atoms with van der Waals surface area (Å²) in [7, 11) is 0. The Kier molecular flexibility index (Phi) is 4.28. The van der Waals surface area contributed by atoms with Crippen LogP contribution in [0.25, 0.3) is 0 Å². The van der Waals surface area contributed by atoms with E-state index in [0.717, 1.165) is 0 Å². The standard InChI is InChI=1S/C15H16N2O6S2/c1-15(2)9(14(22)23)17-11(19)8(12(17)25-15)16-10(18)7(13(20)21)6-3-4-24-5-6/h3-5,7-9,12H,1-2H3,(H,16,18)(H,20,21)(H,22,23)/t7-,8-,9+,12+/m0/s1. The first-order valence-electron chi connectivity index (χ1n) is 7.43. The van der Waals surface area contributed by atoms with E-state index < -0.39 is 51.9 Å². The molecule has 8 nitrogen and oxygen atoms in total. The molecule has 0 radical (unpaired) electrons. The number of rotatable bonds is 5. The summed E-state index contributed by atoms with van der Waals surface area (Å²) in [6, 6.07) is -0.344. The van der Waals surface area contributed by atoms with E-state index in [0.29, 0.717) is 5.56 Å². The van der Waals surface area contributed by atoms with Gasteiger partial charge < -0.3 is 20.4 Å². The summed E-state index contributed by atoms with van der Waals surface area (Å²) in [4.78, 5) is 48.9. The number of carboxylic acids is 2. The van der Waals surface area contributed by atoms with Crippen LogP contribution in [0.2, 0.25) is 0 Å². The Morgan fingerprint density at radius 2 is 2.00 bits per heavy atom. The molecule has 3 rings (SSSR count). The highest BCUT2D eigenvalue weighted by atomic mass is 32.2. The topological polar surface area (TPSA) is 124 Å². The van der Waals surface area contributed by atoms with E-state index in [1.54, 1.807) is 30.7 Å². The van der Waals surface area contributed by atoms with E-state index in [1.807, 2.05) is 0 Å². The van der Waals surface area contributed by atoms with Crippen molar-refractivity contribution in [3.8, 4) is 0 Å². The van der Waals surface area contributed by atoms with E-state index in [-0.39, 0.29) is 0 Å². The molecule has 25 heavy (non-hydrogen) atoms. The lowest BCUT2D eigenvalue weighted by atomic mass is 9.95. The molecule has 4 atom stereocenters. The summed E-state index contributed by atoms with van der Waals surface area (Å²) >= 11 is 2.56. The van der Waals surface area contributed by atoms with Crippen LogP contribution in [0.4, 0.5) is 0 Å². The Morgan fingerprint density at radius 1 is 1.32 bits per heavy atom. The smallest absolute Gasteiger partial charge is 0.327 e. The van der Waals surface area contributed by atoms with E-state index in [2.05, 4.69) is 5.32 Å². The van der Waals surface area contributed by atoms with Crippen molar-refractivity contribution < 1.29 is 29.4 Å². The van der Waals surface area contributed by atoms with Gasteiger partial charge in [0.15, 0.2) is 5.92 Å². The number of carboxylic acid groups (broad SMARTS) is 2.